The van der Waals surface area contributed by atoms with E-state index in [9.17, 15) is 4.79 Å². The number of benzene rings is 2. The summed E-state index contributed by atoms with van der Waals surface area (Å²) in [5.41, 5.74) is 3.86. The molecule has 4 aromatic rings. The van der Waals surface area contributed by atoms with Crippen LogP contribution in [0.4, 0.5) is 5.69 Å². The molecule has 0 fully saturated rings. The van der Waals surface area contributed by atoms with Crippen molar-refractivity contribution in [2.24, 2.45) is 0 Å². The molecule has 8 heteroatoms. The molecule has 0 unspecified atom stereocenters. The van der Waals surface area contributed by atoms with Gasteiger partial charge in [-0.2, -0.15) is 5.10 Å². The highest BCUT2D eigenvalue weighted by molar-refractivity contribution is 7.20. The second-order valence-corrected chi connectivity index (χ2v) is 7.95. The number of thiazole rings is 1. The smallest absolute Gasteiger partial charge is 0.257 e. The minimum atomic E-state index is -0.292. The average Bonchev–Trinajstić information content (AvgIpc) is 3.16. The van der Waals surface area contributed by atoms with E-state index in [1.165, 1.54) is 11.3 Å². The van der Waals surface area contributed by atoms with Gasteiger partial charge in [0.25, 0.3) is 5.91 Å². The zero-order chi connectivity index (χ0) is 19.1. The summed E-state index contributed by atoms with van der Waals surface area (Å²) >= 11 is 13.5. The first-order chi connectivity index (χ1) is 12.9. The van der Waals surface area contributed by atoms with E-state index in [4.69, 9.17) is 23.2 Å². The van der Waals surface area contributed by atoms with Crippen molar-refractivity contribution in [1.82, 2.24) is 14.8 Å². The van der Waals surface area contributed by atoms with Gasteiger partial charge in [-0.1, -0.05) is 34.5 Å². The van der Waals surface area contributed by atoms with Gasteiger partial charge in [-0.3, -0.25) is 4.79 Å². The SMILES string of the molecule is Cc1cc(C)n(-c2nc3ccc(NC(=O)c4ccc(Cl)cc4Cl)cc3s2)n1. The second-order valence-electron chi connectivity index (χ2n) is 6.10. The Balaban J connectivity index is 1.63. The predicted octanol–water partition coefficient (Wildman–Crippen LogP) is 5.66. The van der Waals surface area contributed by atoms with Crippen LogP contribution in [0.1, 0.15) is 21.7 Å². The summed E-state index contributed by atoms with van der Waals surface area (Å²) < 4.78 is 2.78. The zero-order valence-electron chi connectivity index (χ0n) is 14.5. The van der Waals surface area contributed by atoms with E-state index in [2.05, 4.69) is 15.4 Å². The molecule has 27 heavy (non-hydrogen) atoms. The Labute approximate surface area is 169 Å². The lowest BCUT2D eigenvalue weighted by Gasteiger charge is -2.07. The van der Waals surface area contributed by atoms with E-state index in [0.29, 0.717) is 21.3 Å². The molecule has 0 bridgehead atoms. The Morgan fingerprint density at radius 1 is 1.11 bits per heavy atom. The van der Waals surface area contributed by atoms with E-state index in [0.717, 1.165) is 26.7 Å². The van der Waals surface area contributed by atoms with Gasteiger partial charge in [0.15, 0.2) is 0 Å². The lowest BCUT2D eigenvalue weighted by Crippen LogP contribution is -2.12. The van der Waals surface area contributed by atoms with E-state index < -0.39 is 0 Å². The number of hydrogen-bond donors (Lipinski definition) is 1. The van der Waals surface area contributed by atoms with Gasteiger partial charge >= 0.3 is 0 Å². The minimum Gasteiger partial charge on any atom is -0.322 e. The van der Waals surface area contributed by atoms with Gasteiger partial charge in [-0.05, 0) is 56.3 Å². The highest BCUT2D eigenvalue weighted by Crippen LogP contribution is 2.29. The Bertz CT molecular complexity index is 1180. The third-order valence-electron chi connectivity index (χ3n) is 4.00. The molecule has 0 saturated heterocycles. The molecule has 1 amide bonds. The topological polar surface area (TPSA) is 59.8 Å². The molecule has 5 nitrogen and oxygen atoms in total. The standard InChI is InChI=1S/C19H14Cl2N4OS/c1-10-7-11(2)25(24-10)19-23-16-6-4-13(9-17(16)27-19)22-18(26)14-5-3-12(20)8-15(14)21/h3-9H,1-2H3,(H,22,26). The first kappa shape index (κ1) is 18.0. The summed E-state index contributed by atoms with van der Waals surface area (Å²) in [5, 5.41) is 8.93. The zero-order valence-corrected chi connectivity index (χ0v) is 16.8. The highest BCUT2D eigenvalue weighted by Gasteiger charge is 2.13. The highest BCUT2D eigenvalue weighted by atomic mass is 35.5. The number of anilines is 1. The molecule has 0 radical (unpaired) electrons. The van der Waals surface area contributed by atoms with Gasteiger partial charge < -0.3 is 5.32 Å². The number of rotatable bonds is 3. The van der Waals surface area contributed by atoms with Crippen molar-refractivity contribution in [3.8, 4) is 5.13 Å². The molecule has 2 aromatic heterocycles. The van der Waals surface area contributed by atoms with Crippen molar-refractivity contribution in [1.29, 1.82) is 0 Å². The van der Waals surface area contributed by atoms with Crippen LogP contribution in [-0.4, -0.2) is 20.7 Å². The number of fused-ring (bicyclic) bond motifs is 1. The summed E-state index contributed by atoms with van der Waals surface area (Å²) in [7, 11) is 0. The van der Waals surface area contributed by atoms with Crippen LogP contribution in [0.3, 0.4) is 0 Å². The molecular weight excluding hydrogens is 403 g/mol. The van der Waals surface area contributed by atoms with Crippen LogP contribution < -0.4 is 5.32 Å². The third kappa shape index (κ3) is 3.56. The van der Waals surface area contributed by atoms with Gasteiger partial charge in [0, 0.05) is 16.4 Å². The van der Waals surface area contributed by atoms with Crippen molar-refractivity contribution in [2.75, 3.05) is 5.32 Å². The van der Waals surface area contributed by atoms with Crippen LogP contribution in [0.25, 0.3) is 15.3 Å². The maximum atomic E-state index is 12.5. The first-order valence-electron chi connectivity index (χ1n) is 8.11. The Morgan fingerprint density at radius 2 is 1.93 bits per heavy atom. The summed E-state index contributed by atoms with van der Waals surface area (Å²) in [6.45, 7) is 3.94. The van der Waals surface area contributed by atoms with E-state index in [1.54, 1.807) is 18.2 Å². The lowest BCUT2D eigenvalue weighted by molar-refractivity contribution is 0.102. The molecule has 0 aliphatic carbocycles. The van der Waals surface area contributed by atoms with Crippen LogP contribution >= 0.6 is 34.5 Å². The fourth-order valence-corrected chi connectivity index (χ4v) is 4.29. The van der Waals surface area contributed by atoms with Gasteiger partial charge in [-0.15, -0.1) is 0 Å². The van der Waals surface area contributed by atoms with Crippen LogP contribution in [0.2, 0.25) is 10.0 Å². The van der Waals surface area contributed by atoms with E-state index >= 15 is 0 Å². The molecule has 0 spiro atoms. The number of hydrogen-bond acceptors (Lipinski definition) is 4. The van der Waals surface area contributed by atoms with Gasteiger partial charge in [0.1, 0.15) is 0 Å². The number of nitrogens with one attached hydrogen (secondary N) is 1. The fourth-order valence-electron chi connectivity index (χ4n) is 2.78. The molecule has 136 valence electrons. The van der Waals surface area contributed by atoms with Crippen molar-refractivity contribution >= 4 is 56.3 Å². The molecule has 0 aliphatic rings. The van der Waals surface area contributed by atoms with Crippen molar-refractivity contribution in [3.05, 3.63) is 69.5 Å². The molecule has 1 N–H and O–H groups in total. The van der Waals surface area contributed by atoms with Crippen molar-refractivity contribution in [2.45, 2.75) is 13.8 Å². The maximum Gasteiger partial charge on any atom is 0.257 e. The lowest BCUT2D eigenvalue weighted by atomic mass is 10.2. The van der Waals surface area contributed by atoms with Crippen LogP contribution in [0.15, 0.2) is 42.5 Å². The number of carbonyl (C=O) groups excluding carboxylic acids is 1. The third-order valence-corrected chi connectivity index (χ3v) is 5.54. The summed E-state index contributed by atoms with van der Waals surface area (Å²) in [4.78, 5) is 17.1. The first-order valence-corrected chi connectivity index (χ1v) is 9.68. The van der Waals surface area contributed by atoms with Gasteiger partial charge in [0.2, 0.25) is 5.13 Å². The largest absolute Gasteiger partial charge is 0.322 e. The number of aryl methyl sites for hydroxylation is 2. The summed E-state index contributed by atoms with van der Waals surface area (Å²) in [6.07, 6.45) is 0. The monoisotopic (exact) mass is 416 g/mol. The molecule has 4 rings (SSSR count). The van der Waals surface area contributed by atoms with Crippen molar-refractivity contribution < 1.29 is 4.79 Å². The number of halogens is 2. The van der Waals surface area contributed by atoms with Gasteiger partial charge in [0.05, 0.1) is 26.5 Å². The second kappa shape index (κ2) is 6.96. The summed E-state index contributed by atoms with van der Waals surface area (Å²) in [6, 6.07) is 12.4. The summed E-state index contributed by atoms with van der Waals surface area (Å²) in [5.74, 6) is -0.292. The van der Waals surface area contributed by atoms with Crippen molar-refractivity contribution in [3.63, 3.8) is 0 Å². The molecule has 0 aliphatic heterocycles. The molecule has 0 atom stereocenters. The number of carbonyl (C=O) groups is 1. The number of nitrogens with zero attached hydrogens (tertiary/aromatic N) is 3. The minimum absolute atomic E-state index is 0.292. The van der Waals surface area contributed by atoms with E-state index in [-0.39, 0.29) is 5.91 Å². The quantitative estimate of drug-likeness (QED) is 0.468. The van der Waals surface area contributed by atoms with Gasteiger partial charge in [-0.25, -0.2) is 9.67 Å². The van der Waals surface area contributed by atoms with Crippen LogP contribution in [0, 0.1) is 13.8 Å². The maximum absolute atomic E-state index is 12.5. The van der Waals surface area contributed by atoms with Crippen LogP contribution in [0.5, 0.6) is 0 Å². The number of amides is 1. The average molecular weight is 417 g/mol. The number of aromatic nitrogens is 3. The van der Waals surface area contributed by atoms with E-state index in [1.807, 2.05) is 42.8 Å². The molecule has 2 heterocycles. The Morgan fingerprint density at radius 3 is 2.63 bits per heavy atom. The molecule has 0 saturated carbocycles. The predicted molar refractivity (Wildman–Crippen MR) is 111 cm³/mol. The normalized spacial score (nSPS) is 11.1. The fraction of sp³-hybridized carbons (Fsp3) is 0.105. The molecule has 2 aromatic carbocycles. The molecular formula is C19H14Cl2N4OS. The van der Waals surface area contributed by atoms with Crippen LogP contribution in [-0.2, 0) is 0 Å². The Hall–Kier alpha value is -2.41. The Kier molecular flexibility index (Phi) is 4.63.